The van der Waals surface area contributed by atoms with E-state index < -0.39 is 0 Å². The summed E-state index contributed by atoms with van der Waals surface area (Å²) in [5.41, 5.74) is 1.66. The number of phenols is 1. The molecule has 1 aliphatic heterocycles. The van der Waals surface area contributed by atoms with E-state index in [4.69, 9.17) is 4.74 Å². The first-order valence-corrected chi connectivity index (χ1v) is 8.51. The molecule has 1 aromatic carbocycles. The summed E-state index contributed by atoms with van der Waals surface area (Å²) in [6.45, 7) is 3.72. The number of ether oxygens (including phenoxy) is 1. The van der Waals surface area contributed by atoms with Gasteiger partial charge in [0.05, 0.1) is 18.3 Å². The van der Waals surface area contributed by atoms with Crippen LogP contribution in [0.5, 0.6) is 5.75 Å². The Labute approximate surface area is 147 Å². The number of aromatic hydroxyl groups is 1. The summed E-state index contributed by atoms with van der Waals surface area (Å²) in [5, 5.41) is 12.5. The number of phenolic OH excluding ortho intramolecular Hbond substituents is 1. The van der Waals surface area contributed by atoms with E-state index in [0.29, 0.717) is 24.5 Å². The van der Waals surface area contributed by atoms with Crippen molar-refractivity contribution < 1.29 is 14.6 Å². The van der Waals surface area contributed by atoms with E-state index in [9.17, 15) is 9.90 Å². The monoisotopic (exact) mass is 341 g/mol. The van der Waals surface area contributed by atoms with Crippen LogP contribution in [0.3, 0.4) is 0 Å². The second-order valence-electron chi connectivity index (χ2n) is 6.18. The Hall–Kier alpha value is -2.44. The summed E-state index contributed by atoms with van der Waals surface area (Å²) in [7, 11) is 0. The number of carbonyl (C=O) groups is 1. The molecule has 1 amide bonds. The van der Waals surface area contributed by atoms with Gasteiger partial charge in [-0.05, 0) is 36.2 Å². The van der Waals surface area contributed by atoms with Crippen molar-refractivity contribution in [1.29, 1.82) is 0 Å². The Morgan fingerprint density at radius 2 is 2.28 bits per heavy atom. The molecule has 0 radical (unpaired) electrons. The molecule has 0 spiro atoms. The van der Waals surface area contributed by atoms with Crippen LogP contribution in [0.25, 0.3) is 0 Å². The number of hydrogen-bond donors (Lipinski definition) is 2. The molecule has 2 N–H and O–H groups in total. The lowest BCUT2D eigenvalue weighted by molar-refractivity contribution is -0.0342. The van der Waals surface area contributed by atoms with Crippen LogP contribution in [0.15, 0.2) is 48.8 Å². The number of rotatable bonds is 6. The van der Waals surface area contributed by atoms with E-state index >= 15 is 0 Å². The van der Waals surface area contributed by atoms with Gasteiger partial charge in [0.2, 0.25) is 0 Å². The van der Waals surface area contributed by atoms with Crippen molar-refractivity contribution in [2.45, 2.75) is 19.1 Å². The van der Waals surface area contributed by atoms with E-state index in [1.165, 1.54) is 0 Å². The van der Waals surface area contributed by atoms with Gasteiger partial charge in [-0.3, -0.25) is 14.7 Å². The van der Waals surface area contributed by atoms with Gasteiger partial charge in [-0.15, -0.1) is 0 Å². The molecular weight excluding hydrogens is 318 g/mol. The lowest BCUT2D eigenvalue weighted by Crippen LogP contribution is -2.43. The third-order valence-electron chi connectivity index (χ3n) is 4.22. The minimum atomic E-state index is -0.111. The lowest BCUT2D eigenvalue weighted by atomic mass is 10.1. The Morgan fingerprint density at radius 3 is 3.08 bits per heavy atom. The summed E-state index contributed by atoms with van der Waals surface area (Å²) in [6, 6.07) is 10.8. The van der Waals surface area contributed by atoms with Gasteiger partial charge in [0.25, 0.3) is 5.91 Å². The van der Waals surface area contributed by atoms with E-state index in [-0.39, 0.29) is 12.0 Å². The first-order chi connectivity index (χ1) is 12.2. The van der Waals surface area contributed by atoms with Crippen LogP contribution in [0, 0.1) is 0 Å². The SMILES string of the molecule is O=C(NCC[C@@H]1CN(Cc2cccc(O)c2)CCO1)c1cccnc1. The highest BCUT2D eigenvalue weighted by molar-refractivity contribution is 5.93. The number of carbonyl (C=O) groups excluding carboxylic acids is 1. The smallest absolute Gasteiger partial charge is 0.252 e. The largest absolute Gasteiger partial charge is 0.508 e. The second-order valence-corrected chi connectivity index (χ2v) is 6.18. The number of benzene rings is 1. The van der Waals surface area contributed by atoms with Crippen LogP contribution in [-0.2, 0) is 11.3 Å². The Balaban J connectivity index is 1.43. The first kappa shape index (κ1) is 17.4. The van der Waals surface area contributed by atoms with Crippen LogP contribution in [0.1, 0.15) is 22.3 Å². The molecule has 2 heterocycles. The van der Waals surface area contributed by atoms with Gasteiger partial charge in [0.15, 0.2) is 0 Å². The molecule has 1 aliphatic rings. The third kappa shape index (κ3) is 5.27. The number of nitrogens with zero attached hydrogens (tertiary/aromatic N) is 2. The van der Waals surface area contributed by atoms with Crippen molar-refractivity contribution in [1.82, 2.24) is 15.2 Å². The fourth-order valence-corrected chi connectivity index (χ4v) is 2.96. The number of nitrogens with one attached hydrogen (secondary N) is 1. The lowest BCUT2D eigenvalue weighted by Gasteiger charge is -2.33. The molecule has 0 unspecified atom stereocenters. The van der Waals surface area contributed by atoms with Crippen molar-refractivity contribution in [3.63, 3.8) is 0 Å². The molecule has 1 atom stereocenters. The predicted molar refractivity (Wildman–Crippen MR) is 94.3 cm³/mol. The van der Waals surface area contributed by atoms with E-state index in [2.05, 4.69) is 15.2 Å². The van der Waals surface area contributed by atoms with Crippen molar-refractivity contribution in [3.8, 4) is 5.75 Å². The van der Waals surface area contributed by atoms with Gasteiger partial charge >= 0.3 is 0 Å². The molecule has 6 heteroatoms. The summed E-state index contributed by atoms with van der Waals surface area (Å²) in [5.74, 6) is 0.181. The molecular formula is C19H23N3O3. The molecule has 2 aromatic rings. The molecule has 1 aromatic heterocycles. The molecule has 0 saturated carbocycles. The highest BCUT2D eigenvalue weighted by Gasteiger charge is 2.20. The standard InChI is InChI=1S/C19H23N3O3/c23-17-5-1-3-15(11-17)13-22-9-10-25-18(14-22)6-8-21-19(24)16-4-2-7-20-12-16/h1-5,7,11-12,18,23H,6,8-10,13-14H2,(H,21,24)/t18-/m1/s1. The maximum Gasteiger partial charge on any atom is 0.252 e. The van der Waals surface area contributed by atoms with E-state index in [1.54, 1.807) is 36.7 Å². The third-order valence-corrected chi connectivity index (χ3v) is 4.22. The molecule has 25 heavy (non-hydrogen) atoms. The number of hydrogen-bond acceptors (Lipinski definition) is 5. The number of aromatic nitrogens is 1. The van der Waals surface area contributed by atoms with Crippen molar-refractivity contribution in [2.24, 2.45) is 0 Å². The topological polar surface area (TPSA) is 74.7 Å². The van der Waals surface area contributed by atoms with Gasteiger partial charge < -0.3 is 15.2 Å². The Kier molecular flexibility index (Phi) is 5.98. The van der Waals surface area contributed by atoms with E-state index in [0.717, 1.165) is 31.6 Å². The summed E-state index contributed by atoms with van der Waals surface area (Å²) in [4.78, 5) is 18.3. The average Bonchev–Trinajstić information content (AvgIpc) is 2.63. The minimum Gasteiger partial charge on any atom is -0.508 e. The molecule has 0 aliphatic carbocycles. The fourth-order valence-electron chi connectivity index (χ4n) is 2.96. The Morgan fingerprint density at radius 1 is 1.36 bits per heavy atom. The zero-order chi connectivity index (χ0) is 17.5. The quantitative estimate of drug-likeness (QED) is 0.838. The molecule has 132 valence electrons. The number of pyridine rings is 1. The fraction of sp³-hybridized carbons (Fsp3) is 0.368. The maximum atomic E-state index is 12.0. The van der Waals surface area contributed by atoms with Crippen LogP contribution in [-0.4, -0.2) is 53.2 Å². The molecule has 0 bridgehead atoms. The number of morpholine rings is 1. The normalized spacial score (nSPS) is 18.0. The van der Waals surface area contributed by atoms with Crippen LogP contribution in [0.4, 0.5) is 0 Å². The predicted octanol–water partition coefficient (Wildman–Crippen LogP) is 1.81. The summed E-state index contributed by atoms with van der Waals surface area (Å²) in [6.07, 6.45) is 4.07. The highest BCUT2D eigenvalue weighted by atomic mass is 16.5. The molecule has 6 nitrogen and oxygen atoms in total. The van der Waals surface area contributed by atoms with Gasteiger partial charge in [-0.25, -0.2) is 0 Å². The van der Waals surface area contributed by atoms with Crippen LogP contribution < -0.4 is 5.32 Å². The van der Waals surface area contributed by atoms with Crippen molar-refractivity contribution in [3.05, 3.63) is 59.9 Å². The Bertz CT molecular complexity index is 693. The minimum absolute atomic E-state index is 0.0975. The zero-order valence-corrected chi connectivity index (χ0v) is 14.1. The average molecular weight is 341 g/mol. The van der Waals surface area contributed by atoms with Crippen molar-refractivity contribution >= 4 is 5.91 Å². The van der Waals surface area contributed by atoms with Gasteiger partial charge in [-0.2, -0.15) is 0 Å². The summed E-state index contributed by atoms with van der Waals surface area (Å²) >= 11 is 0. The van der Waals surface area contributed by atoms with Crippen LogP contribution >= 0.6 is 0 Å². The molecule has 3 rings (SSSR count). The molecule has 1 saturated heterocycles. The van der Waals surface area contributed by atoms with Crippen molar-refractivity contribution in [2.75, 3.05) is 26.2 Å². The van der Waals surface area contributed by atoms with Crippen LogP contribution in [0.2, 0.25) is 0 Å². The van der Waals surface area contributed by atoms with Gasteiger partial charge in [-0.1, -0.05) is 12.1 Å². The van der Waals surface area contributed by atoms with E-state index in [1.807, 2.05) is 12.1 Å². The summed E-state index contributed by atoms with van der Waals surface area (Å²) < 4.78 is 5.80. The second kappa shape index (κ2) is 8.60. The van der Waals surface area contributed by atoms with Gasteiger partial charge in [0.1, 0.15) is 5.75 Å². The molecule has 1 fully saturated rings. The maximum absolute atomic E-state index is 12.0. The van der Waals surface area contributed by atoms with Gasteiger partial charge in [0, 0.05) is 38.6 Å². The first-order valence-electron chi connectivity index (χ1n) is 8.51. The highest BCUT2D eigenvalue weighted by Crippen LogP contribution is 2.16. The zero-order valence-electron chi connectivity index (χ0n) is 14.1. The number of amides is 1.